The standard InChI is InChI=1S/C18H21NO4S/c1-4-13-6-8-14(9-7-13)23-11-16(20)19-17-15(10-12(3)24-17)18(21)22-5-2/h6-10H,4-5,11H2,1-3H3,(H,19,20). The number of benzene rings is 1. The molecule has 1 heterocycles. The maximum absolute atomic E-state index is 12.1. The van der Waals surface area contributed by atoms with E-state index in [0.717, 1.165) is 11.3 Å². The number of esters is 1. The fraction of sp³-hybridized carbons (Fsp3) is 0.333. The van der Waals surface area contributed by atoms with Gasteiger partial charge in [-0.3, -0.25) is 4.79 Å². The number of hydrogen-bond donors (Lipinski definition) is 1. The zero-order chi connectivity index (χ0) is 17.5. The molecule has 0 bridgehead atoms. The zero-order valence-electron chi connectivity index (χ0n) is 14.0. The lowest BCUT2D eigenvalue weighted by molar-refractivity contribution is -0.118. The lowest BCUT2D eigenvalue weighted by Crippen LogP contribution is -2.21. The molecule has 0 unspecified atom stereocenters. The zero-order valence-corrected chi connectivity index (χ0v) is 14.9. The fourth-order valence-electron chi connectivity index (χ4n) is 2.10. The van der Waals surface area contributed by atoms with Crippen LogP contribution >= 0.6 is 11.3 Å². The third-order valence-electron chi connectivity index (χ3n) is 3.31. The summed E-state index contributed by atoms with van der Waals surface area (Å²) in [6, 6.07) is 9.32. The summed E-state index contributed by atoms with van der Waals surface area (Å²) in [4.78, 5) is 24.9. The van der Waals surface area contributed by atoms with Crippen molar-refractivity contribution in [2.45, 2.75) is 27.2 Å². The molecule has 2 aromatic rings. The number of carbonyl (C=O) groups excluding carboxylic acids is 2. The van der Waals surface area contributed by atoms with Crippen molar-refractivity contribution < 1.29 is 19.1 Å². The predicted molar refractivity (Wildman–Crippen MR) is 95.0 cm³/mol. The molecular formula is C18H21NO4S. The lowest BCUT2D eigenvalue weighted by Gasteiger charge is -2.08. The summed E-state index contributed by atoms with van der Waals surface area (Å²) in [6.07, 6.45) is 0.954. The second kappa shape index (κ2) is 8.49. The molecule has 128 valence electrons. The molecule has 0 spiro atoms. The number of anilines is 1. The SMILES string of the molecule is CCOC(=O)c1cc(C)sc1NC(=O)COc1ccc(CC)cc1. The number of hydrogen-bond acceptors (Lipinski definition) is 5. The lowest BCUT2D eigenvalue weighted by atomic mass is 10.2. The van der Waals surface area contributed by atoms with Crippen molar-refractivity contribution in [3.63, 3.8) is 0 Å². The van der Waals surface area contributed by atoms with E-state index in [2.05, 4.69) is 12.2 Å². The number of thiophene rings is 1. The maximum atomic E-state index is 12.1. The van der Waals surface area contributed by atoms with Crippen molar-refractivity contribution in [2.24, 2.45) is 0 Å². The number of nitrogens with one attached hydrogen (secondary N) is 1. The van der Waals surface area contributed by atoms with Crippen LogP contribution in [0.25, 0.3) is 0 Å². The van der Waals surface area contributed by atoms with E-state index in [9.17, 15) is 9.59 Å². The van der Waals surface area contributed by atoms with Gasteiger partial charge in [0.1, 0.15) is 10.8 Å². The van der Waals surface area contributed by atoms with Crippen LogP contribution in [0.1, 0.15) is 34.6 Å². The molecule has 1 N–H and O–H groups in total. The summed E-state index contributed by atoms with van der Waals surface area (Å²) < 4.78 is 10.5. The Kier molecular flexibility index (Phi) is 6.37. The Morgan fingerprint density at radius 3 is 2.50 bits per heavy atom. The molecule has 1 amide bonds. The molecule has 2 rings (SSSR count). The van der Waals surface area contributed by atoms with Gasteiger partial charge >= 0.3 is 5.97 Å². The minimum Gasteiger partial charge on any atom is -0.484 e. The molecule has 5 nitrogen and oxygen atoms in total. The smallest absolute Gasteiger partial charge is 0.341 e. The Bertz CT molecular complexity index is 706. The minimum atomic E-state index is -0.437. The Hall–Kier alpha value is -2.34. The van der Waals surface area contributed by atoms with E-state index in [1.165, 1.54) is 16.9 Å². The van der Waals surface area contributed by atoms with E-state index in [0.29, 0.717) is 16.3 Å². The first-order valence-electron chi connectivity index (χ1n) is 7.82. The van der Waals surface area contributed by atoms with Crippen molar-refractivity contribution in [3.05, 3.63) is 46.3 Å². The number of ether oxygens (including phenoxy) is 2. The topological polar surface area (TPSA) is 64.6 Å². The summed E-state index contributed by atoms with van der Waals surface area (Å²) in [6.45, 7) is 5.86. The van der Waals surface area contributed by atoms with Gasteiger partial charge in [-0.25, -0.2) is 4.79 Å². The van der Waals surface area contributed by atoms with E-state index in [1.807, 2.05) is 31.2 Å². The monoisotopic (exact) mass is 347 g/mol. The van der Waals surface area contributed by atoms with Gasteiger partial charge in [0, 0.05) is 4.88 Å². The summed E-state index contributed by atoms with van der Waals surface area (Å²) >= 11 is 1.34. The average molecular weight is 347 g/mol. The first kappa shape index (κ1) is 18.0. The summed E-state index contributed by atoms with van der Waals surface area (Å²) in [5.74, 6) is -0.120. The van der Waals surface area contributed by atoms with Gasteiger partial charge in [-0.05, 0) is 44.0 Å². The van der Waals surface area contributed by atoms with Crippen LogP contribution < -0.4 is 10.1 Å². The second-order valence-corrected chi connectivity index (χ2v) is 6.41. The Morgan fingerprint density at radius 2 is 1.88 bits per heavy atom. The molecule has 6 heteroatoms. The van der Waals surface area contributed by atoms with Crippen molar-refractivity contribution in [3.8, 4) is 5.75 Å². The molecule has 0 saturated heterocycles. The Morgan fingerprint density at radius 1 is 1.17 bits per heavy atom. The summed E-state index contributed by atoms with van der Waals surface area (Å²) in [5, 5.41) is 3.20. The van der Waals surface area contributed by atoms with E-state index in [-0.39, 0.29) is 19.1 Å². The van der Waals surface area contributed by atoms with Crippen LogP contribution in [0, 0.1) is 6.92 Å². The molecule has 1 aromatic carbocycles. The van der Waals surface area contributed by atoms with Gasteiger partial charge in [0.05, 0.1) is 12.2 Å². The highest BCUT2D eigenvalue weighted by atomic mass is 32.1. The highest BCUT2D eigenvalue weighted by Crippen LogP contribution is 2.28. The highest BCUT2D eigenvalue weighted by molar-refractivity contribution is 7.16. The molecule has 0 atom stereocenters. The molecule has 24 heavy (non-hydrogen) atoms. The molecule has 0 aliphatic carbocycles. The largest absolute Gasteiger partial charge is 0.484 e. The van der Waals surface area contributed by atoms with Crippen molar-refractivity contribution in [2.75, 3.05) is 18.5 Å². The Balaban J connectivity index is 1.95. The maximum Gasteiger partial charge on any atom is 0.341 e. The normalized spacial score (nSPS) is 10.3. The highest BCUT2D eigenvalue weighted by Gasteiger charge is 2.18. The molecule has 0 saturated carbocycles. The van der Waals surface area contributed by atoms with Gasteiger partial charge in [0.25, 0.3) is 5.91 Å². The van der Waals surface area contributed by atoms with Crippen molar-refractivity contribution >= 4 is 28.2 Å². The minimum absolute atomic E-state index is 0.120. The fourth-order valence-corrected chi connectivity index (χ4v) is 3.02. The summed E-state index contributed by atoms with van der Waals surface area (Å²) in [7, 11) is 0. The quantitative estimate of drug-likeness (QED) is 0.774. The molecule has 1 aromatic heterocycles. The molecule has 0 aliphatic heterocycles. The van der Waals surface area contributed by atoms with Gasteiger partial charge in [0.15, 0.2) is 6.61 Å². The second-order valence-electron chi connectivity index (χ2n) is 5.15. The van der Waals surface area contributed by atoms with E-state index >= 15 is 0 Å². The first-order chi connectivity index (χ1) is 11.5. The average Bonchev–Trinajstić information content (AvgIpc) is 2.94. The van der Waals surface area contributed by atoms with Crippen LogP contribution in [0.5, 0.6) is 5.75 Å². The Labute approximate surface area is 145 Å². The summed E-state index contributed by atoms with van der Waals surface area (Å²) in [5.41, 5.74) is 1.58. The number of amides is 1. The van der Waals surface area contributed by atoms with Gasteiger partial charge in [-0.15, -0.1) is 11.3 Å². The predicted octanol–water partition coefficient (Wildman–Crippen LogP) is 3.81. The molecular weight excluding hydrogens is 326 g/mol. The van der Waals surface area contributed by atoms with Gasteiger partial charge in [-0.2, -0.15) is 0 Å². The van der Waals surface area contributed by atoms with Gasteiger partial charge < -0.3 is 14.8 Å². The first-order valence-corrected chi connectivity index (χ1v) is 8.64. The number of rotatable bonds is 7. The van der Waals surface area contributed by atoms with Crippen LogP contribution in [0.2, 0.25) is 0 Å². The van der Waals surface area contributed by atoms with Gasteiger partial charge in [-0.1, -0.05) is 19.1 Å². The van der Waals surface area contributed by atoms with Crippen LogP contribution in [0.4, 0.5) is 5.00 Å². The molecule has 0 aliphatic rings. The van der Waals surface area contributed by atoms with Crippen LogP contribution in [0.15, 0.2) is 30.3 Å². The van der Waals surface area contributed by atoms with E-state index < -0.39 is 5.97 Å². The number of carbonyl (C=O) groups is 2. The van der Waals surface area contributed by atoms with Crippen molar-refractivity contribution in [1.82, 2.24) is 0 Å². The third-order valence-corrected chi connectivity index (χ3v) is 4.27. The van der Waals surface area contributed by atoms with Crippen molar-refractivity contribution in [1.29, 1.82) is 0 Å². The van der Waals surface area contributed by atoms with Crippen LogP contribution in [0.3, 0.4) is 0 Å². The van der Waals surface area contributed by atoms with Crippen LogP contribution in [-0.2, 0) is 16.0 Å². The van der Waals surface area contributed by atoms with Gasteiger partial charge in [0.2, 0.25) is 0 Å². The van der Waals surface area contributed by atoms with E-state index in [1.54, 1.807) is 13.0 Å². The van der Waals surface area contributed by atoms with E-state index in [4.69, 9.17) is 9.47 Å². The third kappa shape index (κ3) is 4.83. The number of aryl methyl sites for hydroxylation is 2. The molecule has 0 fully saturated rings. The van der Waals surface area contributed by atoms with Crippen LogP contribution in [-0.4, -0.2) is 25.1 Å². The molecule has 0 radical (unpaired) electrons.